The van der Waals surface area contributed by atoms with Gasteiger partial charge in [0.1, 0.15) is 18.1 Å². The summed E-state index contributed by atoms with van der Waals surface area (Å²) in [6, 6.07) is 2.10. The van der Waals surface area contributed by atoms with E-state index in [1.54, 1.807) is 10.8 Å². The van der Waals surface area contributed by atoms with Gasteiger partial charge in [-0.1, -0.05) is 20.8 Å². The standard InChI is InChI=1S/C25H30F3N3O6/c1-24(2,3)20-13-30(12-17-5-4-10-35-17)22(37-20)29-21(32)18-11-15(25(26,27)28)6-7-19(18)36-14-16-8-9-31(16)23(33)34/h6-7,11,13,16-17H,4-5,8-10,12,14H2,1-3H3,(H,33,34)/t16-,17+/m0/s1. The number of benzene rings is 1. The molecule has 4 rings (SSSR count). The Hall–Kier alpha value is -3.28. The Morgan fingerprint density at radius 3 is 2.54 bits per heavy atom. The molecule has 0 spiro atoms. The molecule has 0 saturated carbocycles. The lowest BCUT2D eigenvalue weighted by Gasteiger charge is -2.38. The summed E-state index contributed by atoms with van der Waals surface area (Å²) in [4.78, 5) is 29.7. The molecular formula is C25H30F3N3O6. The summed E-state index contributed by atoms with van der Waals surface area (Å²) in [6.07, 6.45) is -1.87. The van der Waals surface area contributed by atoms with Crippen LogP contribution in [-0.2, 0) is 22.9 Å². The molecule has 0 aliphatic carbocycles. The van der Waals surface area contributed by atoms with Gasteiger partial charge in [0, 0.05) is 24.8 Å². The molecule has 202 valence electrons. The van der Waals surface area contributed by atoms with Gasteiger partial charge in [-0.3, -0.25) is 9.36 Å². The molecule has 3 heterocycles. The van der Waals surface area contributed by atoms with Crippen molar-refractivity contribution in [1.29, 1.82) is 0 Å². The largest absolute Gasteiger partial charge is 0.491 e. The summed E-state index contributed by atoms with van der Waals surface area (Å²) < 4.78 is 59.2. The minimum atomic E-state index is -4.69. The molecule has 2 aromatic rings. The van der Waals surface area contributed by atoms with Crippen LogP contribution in [0.25, 0.3) is 0 Å². The number of rotatable bonds is 6. The number of ether oxygens (including phenoxy) is 2. The van der Waals surface area contributed by atoms with Crippen molar-refractivity contribution in [2.75, 3.05) is 19.8 Å². The molecule has 12 heteroatoms. The minimum Gasteiger partial charge on any atom is -0.491 e. The van der Waals surface area contributed by atoms with Gasteiger partial charge in [-0.2, -0.15) is 18.2 Å². The molecule has 2 aliphatic heterocycles. The fourth-order valence-electron chi connectivity index (χ4n) is 4.15. The van der Waals surface area contributed by atoms with E-state index in [4.69, 9.17) is 13.9 Å². The molecule has 2 fully saturated rings. The van der Waals surface area contributed by atoms with Crippen LogP contribution in [0.1, 0.15) is 61.7 Å². The van der Waals surface area contributed by atoms with Gasteiger partial charge in [0.05, 0.1) is 29.8 Å². The number of carboxylic acid groups (broad SMARTS) is 1. The van der Waals surface area contributed by atoms with Crippen molar-refractivity contribution in [2.45, 2.75) is 70.3 Å². The van der Waals surface area contributed by atoms with Crippen molar-refractivity contribution in [1.82, 2.24) is 9.47 Å². The Labute approximate surface area is 211 Å². The zero-order chi connectivity index (χ0) is 27.0. The van der Waals surface area contributed by atoms with Crippen LogP contribution in [0.4, 0.5) is 18.0 Å². The van der Waals surface area contributed by atoms with Gasteiger partial charge in [0.25, 0.3) is 5.91 Å². The topological polar surface area (TPSA) is 107 Å². The second-order valence-corrected chi connectivity index (χ2v) is 10.3. The summed E-state index contributed by atoms with van der Waals surface area (Å²) in [5.74, 6) is -0.538. The average molecular weight is 526 g/mol. The van der Waals surface area contributed by atoms with E-state index in [9.17, 15) is 27.9 Å². The fraction of sp³-hybridized carbons (Fsp3) is 0.560. The average Bonchev–Trinajstić information content (AvgIpc) is 3.42. The van der Waals surface area contributed by atoms with E-state index in [1.807, 2.05) is 20.8 Å². The molecule has 9 nitrogen and oxygen atoms in total. The van der Waals surface area contributed by atoms with Crippen molar-refractivity contribution >= 4 is 12.0 Å². The summed E-state index contributed by atoms with van der Waals surface area (Å²) in [5, 5.41) is 9.18. The maximum Gasteiger partial charge on any atom is 0.416 e. The third-order valence-corrected chi connectivity index (χ3v) is 6.44. The maximum atomic E-state index is 13.4. The Morgan fingerprint density at radius 2 is 1.97 bits per heavy atom. The Morgan fingerprint density at radius 1 is 1.22 bits per heavy atom. The summed E-state index contributed by atoms with van der Waals surface area (Å²) in [7, 11) is 0. The predicted octanol–water partition coefficient (Wildman–Crippen LogP) is 4.45. The van der Waals surface area contributed by atoms with Gasteiger partial charge < -0.3 is 23.9 Å². The summed E-state index contributed by atoms with van der Waals surface area (Å²) in [6.45, 7) is 7.02. The van der Waals surface area contributed by atoms with Crippen molar-refractivity contribution in [3.05, 3.63) is 47.0 Å². The number of nitrogens with zero attached hydrogens (tertiary/aromatic N) is 3. The highest BCUT2D eigenvalue weighted by Crippen LogP contribution is 2.33. The van der Waals surface area contributed by atoms with Gasteiger partial charge in [-0.15, -0.1) is 0 Å². The summed E-state index contributed by atoms with van der Waals surface area (Å²) in [5.41, 5.74) is -1.88. The van der Waals surface area contributed by atoms with Gasteiger partial charge >= 0.3 is 18.0 Å². The van der Waals surface area contributed by atoms with Crippen molar-refractivity contribution in [3.8, 4) is 5.75 Å². The molecule has 2 saturated heterocycles. The van der Waals surface area contributed by atoms with Crippen LogP contribution >= 0.6 is 0 Å². The third-order valence-electron chi connectivity index (χ3n) is 6.44. The first-order valence-electron chi connectivity index (χ1n) is 12.1. The van der Waals surface area contributed by atoms with E-state index in [2.05, 4.69) is 4.99 Å². The molecule has 2 aliphatic rings. The molecule has 2 atom stereocenters. The van der Waals surface area contributed by atoms with E-state index in [1.165, 1.54) is 4.90 Å². The van der Waals surface area contributed by atoms with Gasteiger partial charge in [0.2, 0.25) is 0 Å². The number of alkyl halides is 3. The molecule has 1 N–H and O–H groups in total. The number of likely N-dealkylation sites (tertiary alicyclic amines) is 1. The number of carbonyl (C=O) groups is 2. The Balaban J connectivity index is 1.68. The Bertz CT molecular complexity index is 1220. The van der Waals surface area contributed by atoms with E-state index < -0.39 is 40.8 Å². The number of hydrogen-bond acceptors (Lipinski definition) is 5. The number of halogens is 3. The zero-order valence-electron chi connectivity index (χ0n) is 20.9. The maximum absolute atomic E-state index is 13.4. The summed E-state index contributed by atoms with van der Waals surface area (Å²) >= 11 is 0. The third kappa shape index (κ3) is 6.17. The fourth-order valence-corrected chi connectivity index (χ4v) is 4.15. The molecular weight excluding hydrogens is 495 g/mol. The van der Waals surface area contributed by atoms with E-state index in [0.717, 1.165) is 25.0 Å². The minimum absolute atomic E-state index is 0.0511. The van der Waals surface area contributed by atoms with Crippen LogP contribution < -0.4 is 10.4 Å². The molecule has 0 bridgehead atoms. The first kappa shape index (κ1) is 26.8. The van der Waals surface area contributed by atoms with Crippen LogP contribution in [0.3, 0.4) is 0 Å². The highest BCUT2D eigenvalue weighted by molar-refractivity contribution is 5.97. The zero-order valence-corrected chi connectivity index (χ0v) is 20.9. The number of aromatic nitrogens is 1. The second kappa shape index (κ2) is 10.2. The molecule has 0 unspecified atom stereocenters. The van der Waals surface area contributed by atoms with Crippen molar-refractivity contribution in [2.24, 2.45) is 4.99 Å². The number of carbonyl (C=O) groups excluding carboxylic acids is 1. The molecule has 0 radical (unpaired) electrons. The normalized spacial score (nSPS) is 20.7. The lowest BCUT2D eigenvalue weighted by Crippen LogP contribution is -2.53. The first-order valence-corrected chi connectivity index (χ1v) is 12.1. The van der Waals surface area contributed by atoms with Gasteiger partial charge in [-0.25, -0.2) is 4.79 Å². The van der Waals surface area contributed by atoms with E-state index >= 15 is 0 Å². The highest BCUT2D eigenvalue weighted by atomic mass is 19.4. The SMILES string of the molecule is CC(C)(C)c1cn(C[C@H]2CCCO2)c(=NC(=O)c2cc(C(F)(F)F)ccc2OC[C@@H]2CCN2C(=O)O)o1. The monoisotopic (exact) mass is 525 g/mol. The van der Waals surface area contributed by atoms with Gasteiger partial charge in [-0.05, 0) is 37.5 Å². The van der Waals surface area contributed by atoms with Crippen LogP contribution in [0, 0.1) is 0 Å². The molecule has 2 amide bonds. The van der Waals surface area contributed by atoms with Crippen LogP contribution in [0.15, 0.2) is 33.8 Å². The molecule has 1 aromatic carbocycles. The Kier molecular flexibility index (Phi) is 7.40. The lowest BCUT2D eigenvalue weighted by atomic mass is 9.94. The predicted molar refractivity (Wildman–Crippen MR) is 124 cm³/mol. The number of hydrogen-bond donors (Lipinski definition) is 1. The van der Waals surface area contributed by atoms with Crippen LogP contribution in [0.2, 0.25) is 0 Å². The second-order valence-electron chi connectivity index (χ2n) is 10.3. The quantitative estimate of drug-likeness (QED) is 0.598. The lowest BCUT2D eigenvalue weighted by molar-refractivity contribution is -0.137. The van der Waals surface area contributed by atoms with Gasteiger partial charge in [0.15, 0.2) is 0 Å². The van der Waals surface area contributed by atoms with Crippen LogP contribution in [0.5, 0.6) is 5.75 Å². The highest BCUT2D eigenvalue weighted by Gasteiger charge is 2.34. The van der Waals surface area contributed by atoms with Crippen molar-refractivity contribution < 1.29 is 41.8 Å². The number of oxazole rings is 1. The number of amides is 2. The van der Waals surface area contributed by atoms with E-state index in [-0.39, 0.29) is 24.1 Å². The van der Waals surface area contributed by atoms with Crippen LogP contribution in [-0.4, -0.2) is 58.5 Å². The van der Waals surface area contributed by atoms with Crippen molar-refractivity contribution in [3.63, 3.8) is 0 Å². The first-order chi connectivity index (χ1) is 17.3. The molecule has 37 heavy (non-hydrogen) atoms. The molecule has 1 aromatic heterocycles. The van der Waals surface area contributed by atoms with E-state index in [0.29, 0.717) is 37.9 Å². The smallest absolute Gasteiger partial charge is 0.416 e.